The number of hydrogen-bond donors (Lipinski definition) is 2. The highest BCUT2D eigenvalue weighted by Crippen LogP contribution is 2.19. The molecule has 0 spiro atoms. The Morgan fingerprint density at radius 3 is 2.55 bits per heavy atom. The first-order valence-corrected chi connectivity index (χ1v) is 10.7. The van der Waals surface area contributed by atoms with Gasteiger partial charge in [0.05, 0.1) is 6.61 Å². The zero-order chi connectivity index (χ0) is 20.2. The van der Waals surface area contributed by atoms with E-state index in [4.69, 9.17) is 4.74 Å². The Kier molecular flexibility index (Phi) is 8.86. The van der Waals surface area contributed by atoms with Gasteiger partial charge in [-0.2, -0.15) is 0 Å². The second-order valence-corrected chi connectivity index (χ2v) is 7.47. The second kappa shape index (κ2) is 12.1. The Morgan fingerprint density at radius 1 is 1.03 bits per heavy atom. The quantitative estimate of drug-likeness (QED) is 0.368. The molecule has 2 aromatic carbocycles. The number of hydrogen-bond acceptors (Lipinski definition) is 3. The SMILES string of the molecule is CN=C(NCCCCOCCc1ccccc1)NC1CCN(c2ccccc2)C1. The Labute approximate surface area is 175 Å². The molecule has 0 radical (unpaired) electrons. The van der Waals surface area contributed by atoms with Gasteiger partial charge >= 0.3 is 0 Å². The van der Waals surface area contributed by atoms with Crippen LogP contribution in [0.25, 0.3) is 0 Å². The van der Waals surface area contributed by atoms with Crippen molar-refractivity contribution in [2.75, 3.05) is 44.8 Å². The molecule has 1 saturated heterocycles. The zero-order valence-corrected chi connectivity index (χ0v) is 17.5. The van der Waals surface area contributed by atoms with Gasteiger partial charge < -0.3 is 20.3 Å². The highest BCUT2D eigenvalue weighted by Gasteiger charge is 2.23. The van der Waals surface area contributed by atoms with Crippen LogP contribution < -0.4 is 15.5 Å². The van der Waals surface area contributed by atoms with E-state index < -0.39 is 0 Å². The number of guanidine groups is 1. The summed E-state index contributed by atoms with van der Waals surface area (Å²) in [7, 11) is 1.84. The summed E-state index contributed by atoms with van der Waals surface area (Å²) in [6, 6.07) is 21.5. The molecule has 2 N–H and O–H groups in total. The van der Waals surface area contributed by atoms with Gasteiger partial charge in [-0.25, -0.2) is 0 Å². The summed E-state index contributed by atoms with van der Waals surface area (Å²) in [5, 5.41) is 6.99. The number of rotatable bonds is 10. The Hall–Kier alpha value is -2.53. The minimum Gasteiger partial charge on any atom is -0.381 e. The minimum atomic E-state index is 0.433. The molecule has 0 aliphatic carbocycles. The van der Waals surface area contributed by atoms with Crippen LogP contribution in [0.2, 0.25) is 0 Å². The smallest absolute Gasteiger partial charge is 0.191 e. The Morgan fingerprint density at radius 2 is 1.79 bits per heavy atom. The molecular formula is C24H34N4O. The first-order valence-electron chi connectivity index (χ1n) is 10.7. The maximum atomic E-state index is 5.75. The molecule has 0 amide bonds. The lowest BCUT2D eigenvalue weighted by molar-refractivity contribution is 0.133. The van der Waals surface area contributed by atoms with Crippen molar-refractivity contribution in [3.8, 4) is 0 Å². The molecule has 1 fully saturated rings. The van der Waals surface area contributed by atoms with E-state index in [0.717, 1.165) is 64.5 Å². The zero-order valence-electron chi connectivity index (χ0n) is 17.5. The van der Waals surface area contributed by atoms with Crippen LogP contribution in [0.1, 0.15) is 24.8 Å². The molecule has 29 heavy (non-hydrogen) atoms. The molecule has 0 saturated carbocycles. The van der Waals surface area contributed by atoms with Crippen LogP contribution in [0, 0.1) is 0 Å². The van der Waals surface area contributed by atoms with Gasteiger partial charge in [-0.05, 0) is 43.4 Å². The lowest BCUT2D eigenvalue weighted by Crippen LogP contribution is -2.44. The number of nitrogens with one attached hydrogen (secondary N) is 2. The van der Waals surface area contributed by atoms with E-state index in [1.807, 2.05) is 13.1 Å². The van der Waals surface area contributed by atoms with Crippen LogP contribution in [0.5, 0.6) is 0 Å². The van der Waals surface area contributed by atoms with Gasteiger partial charge in [0.2, 0.25) is 0 Å². The van der Waals surface area contributed by atoms with Crippen molar-refractivity contribution in [1.29, 1.82) is 0 Å². The van der Waals surface area contributed by atoms with Gasteiger partial charge in [0.1, 0.15) is 0 Å². The van der Waals surface area contributed by atoms with Gasteiger partial charge in [0, 0.05) is 45.0 Å². The van der Waals surface area contributed by atoms with Crippen molar-refractivity contribution in [1.82, 2.24) is 10.6 Å². The molecular weight excluding hydrogens is 360 g/mol. The van der Waals surface area contributed by atoms with Crippen LogP contribution in [0.4, 0.5) is 5.69 Å². The molecule has 1 unspecified atom stereocenters. The van der Waals surface area contributed by atoms with Crippen LogP contribution in [0.3, 0.4) is 0 Å². The molecule has 0 bridgehead atoms. The number of aliphatic imine (C=N–C) groups is 1. The fourth-order valence-electron chi connectivity index (χ4n) is 3.61. The summed E-state index contributed by atoms with van der Waals surface area (Å²) < 4.78 is 5.75. The summed E-state index contributed by atoms with van der Waals surface area (Å²) >= 11 is 0. The lowest BCUT2D eigenvalue weighted by Gasteiger charge is -2.20. The molecule has 2 aromatic rings. The number of unbranched alkanes of at least 4 members (excludes halogenated alkanes) is 1. The van der Waals surface area contributed by atoms with E-state index in [1.54, 1.807) is 0 Å². The Bertz CT molecular complexity index is 720. The van der Waals surface area contributed by atoms with Crippen molar-refractivity contribution in [2.45, 2.75) is 31.7 Å². The van der Waals surface area contributed by atoms with Crippen LogP contribution in [0.15, 0.2) is 65.7 Å². The summed E-state index contributed by atoms with van der Waals surface area (Å²) in [5.41, 5.74) is 2.63. The van der Waals surface area contributed by atoms with Gasteiger partial charge in [-0.1, -0.05) is 48.5 Å². The van der Waals surface area contributed by atoms with Crippen molar-refractivity contribution in [3.05, 3.63) is 66.2 Å². The van der Waals surface area contributed by atoms with E-state index in [-0.39, 0.29) is 0 Å². The average molecular weight is 395 g/mol. The molecule has 0 aromatic heterocycles. The van der Waals surface area contributed by atoms with Crippen molar-refractivity contribution < 1.29 is 4.74 Å². The summed E-state index contributed by atoms with van der Waals surface area (Å²) in [4.78, 5) is 6.80. The third kappa shape index (κ3) is 7.42. The predicted octanol–water partition coefficient (Wildman–Crippen LogP) is 3.47. The van der Waals surface area contributed by atoms with Gasteiger partial charge in [-0.3, -0.25) is 4.99 Å². The van der Waals surface area contributed by atoms with E-state index >= 15 is 0 Å². The summed E-state index contributed by atoms with van der Waals surface area (Å²) in [6.07, 6.45) is 4.25. The summed E-state index contributed by atoms with van der Waals surface area (Å²) in [5.74, 6) is 0.898. The molecule has 1 aliphatic rings. The van der Waals surface area contributed by atoms with Crippen molar-refractivity contribution >= 4 is 11.6 Å². The third-order valence-corrected chi connectivity index (χ3v) is 5.26. The molecule has 1 heterocycles. The van der Waals surface area contributed by atoms with E-state index in [0.29, 0.717) is 6.04 Å². The monoisotopic (exact) mass is 394 g/mol. The van der Waals surface area contributed by atoms with Gasteiger partial charge in [-0.15, -0.1) is 0 Å². The molecule has 5 nitrogen and oxygen atoms in total. The Balaban J connectivity index is 1.23. The number of nitrogens with zero attached hydrogens (tertiary/aromatic N) is 2. The number of ether oxygens (including phenoxy) is 1. The highest BCUT2D eigenvalue weighted by molar-refractivity contribution is 5.80. The average Bonchev–Trinajstić information content (AvgIpc) is 3.24. The van der Waals surface area contributed by atoms with E-state index in [9.17, 15) is 0 Å². The highest BCUT2D eigenvalue weighted by atomic mass is 16.5. The molecule has 1 atom stereocenters. The lowest BCUT2D eigenvalue weighted by atomic mass is 10.2. The van der Waals surface area contributed by atoms with Gasteiger partial charge in [0.25, 0.3) is 0 Å². The maximum absolute atomic E-state index is 5.75. The fourth-order valence-corrected chi connectivity index (χ4v) is 3.61. The minimum absolute atomic E-state index is 0.433. The molecule has 3 rings (SSSR count). The first kappa shape index (κ1) is 21.2. The fraction of sp³-hybridized carbons (Fsp3) is 0.458. The molecule has 1 aliphatic heterocycles. The van der Waals surface area contributed by atoms with E-state index in [1.165, 1.54) is 11.3 Å². The molecule has 5 heteroatoms. The maximum Gasteiger partial charge on any atom is 0.191 e. The van der Waals surface area contributed by atoms with Crippen molar-refractivity contribution in [2.24, 2.45) is 4.99 Å². The van der Waals surface area contributed by atoms with Gasteiger partial charge in [0.15, 0.2) is 5.96 Å². The second-order valence-electron chi connectivity index (χ2n) is 7.47. The third-order valence-electron chi connectivity index (χ3n) is 5.26. The van der Waals surface area contributed by atoms with Crippen molar-refractivity contribution in [3.63, 3.8) is 0 Å². The predicted molar refractivity (Wildman–Crippen MR) is 122 cm³/mol. The normalized spacial score (nSPS) is 16.8. The largest absolute Gasteiger partial charge is 0.381 e. The topological polar surface area (TPSA) is 48.9 Å². The van der Waals surface area contributed by atoms with Crippen LogP contribution in [-0.4, -0.2) is 51.9 Å². The number of anilines is 1. The van der Waals surface area contributed by atoms with Crippen LogP contribution >= 0.6 is 0 Å². The standard InChI is InChI=1S/C24H34N4O/c1-25-24(27-22-14-17-28(20-22)23-12-6-3-7-13-23)26-16-8-9-18-29-19-15-21-10-4-2-5-11-21/h2-7,10-13,22H,8-9,14-20H2,1H3,(H2,25,26,27). The summed E-state index contributed by atoms with van der Waals surface area (Å²) in [6.45, 7) is 4.62. The van der Waals surface area contributed by atoms with E-state index in [2.05, 4.69) is 75.1 Å². The number of para-hydroxylation sites is 1. The first-order chi connectivity index (χ1) is 14.3. The number of benzene rings is 2. The van der Waals surface area contributed by atoms with Crippen LogP contribution in [-0.2, 0) is 11.2 Å². The molecule has 156 valence electrons.